The van der Waals surface area contributed by atoms with Crippen molar-refractivity contribution in [3.05, 3.63) is 30.1 Å². The minimum atomic E-state index is -0.623. The van der Waals surface area contributed by atoms with Crippen LogP contribution in [0.5, 0.6) is 5.75 Å². The standard InChI is InChI=1S/C22H28FNO4/c1-14(22-9-15-6-16(10-22)8-17(7-15)11-22)24-20(25)12-28-21(26)13-27-19-4-2-18(23)3-5-19/h2-5,14-17H,6-13H2,1H3,(H,24,25)/t14-,15?,16?,17?,22?/m1/s1. The number of amides is 1. The lowest BCUT2D eigenvalue weighted by atomic mass is 9.48. The van der Waals surface area contributed by atoms with Crippen LogP contribution in [0.4, 0.5) is 4.39 Å². The van der Waals surface area contributed by atoms with E-state index in [9.17, 15) is 14.0 Å². The molecule has 1 atom stereocenters. The predicted octanol–water partition coefficient (Wildman–Crippen LogP) is 3.47. The van der Waals surface area contributed by atoms with Crippen molar-refractivity contribution in [2.45, 2.75) is 51.5 Å². The van der Waals surface area contributed by atoms with Gasteiger partial charge in [0.15, 0.2) is 13.2 Å². The number of carbonyl (C=O) groups excluding carboxylic acids is 2. The Labute approximate surface area is 165 Å². The minimum absolute atomic E-state index is 0.0996. The fraction of sp³-hybridized carbons (Fsp3) is 0.636. The van der Waals surface area contributed by atoms with Crippen LogP contribution in [-0.2, 0) is 14.3 Å². The molecule has 1 aromatic rings. The molecule has 4 bridgehead atoms. The smallest absolute Gasteiger partial charge is 0.344 e. The zero-order valence-electron chi connectivity index (χ0n) is 16.3. The molecule has 4 saturated carbocycles. The maximum absolute atomic E-state index is 12.8. The molecule has 1 N–H and O–H groups in total. The first-order valence-corrected chi connectivity index (χ1v) is 10.3. The summed E-state index contributed by atoms with van der Waals surface area (Å²) in [5, 5.41) is 3.07. The SMILES string of the molecule is C[C@@H](NC(=O)COC(=O)COc1ccc(F)cc1)C12CC3CC(CC(C3)C1)C2. The second-order valence-electron chi connectivity index (χ2n) is 8.97. The molecule has 6 heteroatoms. The molecule has 0 radical (unpaired) electrons. The summed E-state index contributed by atoms with van der Waals surface area (Å²) in [6.07, 6.45) is 7.74. The number of halogens is 1. The van der Waals surface area contributed by atoms with Crippen LogP contribution in [-0.4, -0.2) is 31.1 Å². The van der Waals surface area contributed by atoms with Gasteiger partial charge in [0.05, 0.1) is 0 Å². The summed E-state index contributed by atoms with van der Waals surface area (Å²) in [7, 11) is 0. The lowest BCUT2D eigenvalue weighted by molar-refractivity contribution is -0.151. The fourth-order valence-electron chi connectivity index (χ4n) is 6.00. The molecule has 4 aliphatic carbocycles. The first-order valence-electron chi connectivity index (χ1n) is 10.3. The van der Waals surface area contributed by atoms with Crippen LogP contribution in [0.1, 0.15) is 45.4 Å². The topological polar surface area (TPSA) is 64.6 Å². The second kappa shape index (κ2) is 7.72. The van der Waals surface area contributed by atoms with Gasteiger partial charge in [0.1, 0.15) is 11.6 Å². The molecular formula is C22H28FNO4. The molecule has 0 saturated heterocycles. The van der Waals surface area contributed by atoms with E-state index in [0.29, 0.717) is 5.75 Å². The van der Waals surface area contributed by atoms with Gasteiger partial charge in [-0.3, -0.25) is 4.79 Å². The molecule has 5 rings (SSSR count). The van der Waals surface area contributed by atoms with Gasteiger partial charge in [0.25, 0.3) is 5.91 Å². The predicted molar refractivity (Wildman–Crippen MR) is 101 cm³/mol. The van der Waals surface area contributed by atoms with Crippen LogP contribution in [0.25, 0.3) is 0 Å². The largest absolute Gasteiger partial charge is 0.482 e. The van der Waals surface area contributed by atoms with E-state index in [1.807, 2.05) is 0 Å². The summed E-state index contributed by atoms with van der Waals surface area (Å²) in [4.78, 5) is 24.1. The van der Waals surface area contributed by atoms with Crippen LogP contribution in [0, 0.1) is 29.0 Å². The molecule has 1 amide bonds. The van der Waals surface area contributed by atoms with E-state index in [2.05, 4.69) is 12.2 Å². The van der Waals surface area contributed by atoms with Crippen molar-refractivity contribution < 1.29 is 23.5 Å². The van der Waals surface area contributed by atoms with Gasteiger partial charge in [-0.1, -0.05) is 0 Å². The van der Waals surface area contributed by atoms with Crippen LogP contribution >= 0.6 is 0 Å². The van der Waals surface area contributed by atoms with Crippen molar-refractivity contribution in [2.75, 3.05) is 13.2 Å². The van der Waals surface area contributed by atoms with E-state index in [1.165, 1.54) is 62.8 Å². The van der Waals surface area contributed by atoms with E-state index in [4.69, 9.17) is 9.47 Å². The molecule has 0 unspecified atom stereocenters. The highest BCUT2D eigenvalue weighted by Gasteiger charge is 2.53. The number of hydrogen-bond acceptors (Lipinski definition) is 4. The van der Waals surface area contributed by atoms with Gasteiger partial charge in [-0.25, -0.2) is 9.18 Å². The Bertz CT molecular complexity index is 697. The molecule has 4 aliphatic rings. The van der Waals surface area contributed by atoms with Crippen LogP contribution < -0.4 is 10.1 Å². The number of carbonyl (C=O) groups is 2. The molecule has 4 fully saturated rings. The highest BCUT2D eigenvalue weighted by atomic mass is 19.1. The van der Waals surface area contributed by atoms with Gasteiger partial charge in [-0.2, -0.15) is 0 Å². The Morgan fingerprint density at radius 1 is 1.07 bits per heavy atom. The zero-order chi connectivity index (χ0) is 19.7. The molecule has 152 valence electrons. The van der Waals surface area contributed by atoms with Gasteiger partial charge < -0.3 is 14.8 Å². The first kappa shape index (κ1) is 19.2. The summed E-state index contributed by atoms with van der Waals surface area (Å²) < 4.78 is 23.1. The number of esters is 1. The van der Waals surface area contributed by atoms with Crippen molar-refractivity contribution in [1.29, 1.82) is 0 Å². The van der Waals surface area contributed by atoms with E-state index >= 15 is 0 Å². The van der Waals surface area contributed by atoms with Crippen molar-refractivity contribution in [3.8, 4) is 5.75 Å². The Hall–Kier alpha value is -2.11. The molecule has 0 heterocycles. The number of nitrogens with one attached hydrogen (secondary N) is 1. The van der Waals surface area contributed by atoms with Crippen molar-refractivity contribution in [1.82, 2.24) is 5.32 Å². The van der Waals surface area contributed by atoms with E-state index < -0.39 is 5.97 Å². The molecule has 0 spiro atoms. The highest BCUT2D eigenvalue weighted by molar-refractivity contribution is 5.81. The highest BCUT2D eigenvalue weighted by Crippen LogP contribution is 2.61. The number of benzene rings is 1. The lowest BCUT2D eigenvalue weighted by Crippen LogP contribution is -2.56. The normalized spacial score (nSPS) is 31.3. The quantitative estimate of drug-likeness (QED) is 0.726. The third-order valence-corrected chi connectivity index (χ3v) is 6.92. The Morgan fingerprint density at radius 3 is 2.21 bits per heavy atom. The summed E-state index contributed by atoms with van der Waals surface area (Å²) in [5.74, 6) is 1.59. The van der Waals surface area contributed by atoms with Crippen LogP contribution in [0.15, 0.2) is 24.3 Å². The Balaban J connectivity index is 1.21. The first-order chi connectivity index (χ1) is 13.4. The summed E-state index contributed by atoms with van der Waals surface area (Å²) in [6, 6.07) is 5.47. The van der Waals surface area contributed by atoms with Gasteiger partial charge in [-0.05, 0) is 92.9 Å². The van der Waals surface area contributed by atoms with Gasteiger partial charge in [0.2, 0.25) is 0 Å². The van der Waals surface area contributed by atoms with E-state index in [-0.39, 0.29) is 36.4 Å². The van der Waals surface area contributed by atoms with Crippen molar-refractivity contribution in [2.24, 2.45) is 23.2 Å². The number of rotatable bonds is 7. The second-order valence-corrected chi connectivity index (χ2v) is 8.97. The summed E-state index contributed by atoms with van der Waals surface area (Å²) in [5.41, 5.74) is 0.222. The monoisotopic (exact) mass is 389 g/mol. The maximum atomic E-state index is 12.8. The molecule has 0 aromatic heterocycles. The minimum Gasteiger partial charge on any atom is -0.482 e. The van der Waals surface area contributed by atoms with E-state index in [0.717, 1.165) is 17.8 Å². The van der Waals surface area contributed by atoms with Gasteiger partial charge in [-0.15, -0.1) is 0 Å². The maximum Gasteiger partial charge on any atom is 0.344 e. The molecular weight excluding hydrogens is 361 g/mol. The Kier molecular flexibility index (Phi) is 5.30. The fourth-order valence-corrected chi connectivity index (χ4v) is 6.00. The lowest BCUT2D eigenvalue weighted by Gasteiger charge is -2.59. The number of hydrogen-bond donors (Lipinski definition) is 1. The average molecular weight is 389 g/mol. The van der Waals surface area contributed by atoms with Crippen molar-refractivity contribution >= 4 is 11.9 Å². The third kappa shape index (κ3) is 4.15. The van der Waals surface area contributed by atoms with Gasteiger partial charge in [0, 0.05) is 6.04 Å². The number of ether oxygens (including phenoxy) is 2. The van der Waals surface area contributed by atoms with Crippen LogP contribution in [0.3, 0.4) is 0 Å². The van der Waals surface area contributed by atoms with Crippen LogP contribution in [0.2, 0.25) is 0 Å². The summed E-state index contributed by atoms with van der Waals surface area (Å²) in [6.45, 7) is 1.48. The molecule has 1 aromatic carbocycles. The molecule has 5 nitrogen and oxygen atoms in total. The van der Waals surface area contributed by atoms with Gasteiger partial charge >= 0.3 is 5.97 Å². The average Bonchev–Trinajstić information content (AvgIpc) is 2.65. The summed E-state index contributed by atoms with van der Waals surface area (Å²) >= 11 is 0. The van der Waals surface area contributed by atoms with Crippen molar-refractivity contribution in [3.63, 3.8) is 0 Å². The molecule has 0 aliphatic heterocycles. The zero-order valence-corrected chi connectivity index (χ0v) is 16.3. The van der Waals surface area contributed by atoms with E-state index in [1.54, 1.807) is 0 Å². The third-order valence-electron chi connectivity index (χ3n) is 6.92. The Morgan fingerprint density at radius 2 is 1.64 bits per heavy atom. The molecule has 28 heavy (non-hydrogen) atoms.